The second kappa shape index (κ2) is 6.08. The molecule has 1 atom stereocenters. The zero-order chi connectivity index (χ0) is 21.4. The summed E-state index contributed by atoms with van der Waals surface area (Å²) < 4.78 is 3.29. The monoisotopic (exact) mass is 399 g/mol. The molecule has 1 unspecified atom stereocenters. The Balaban J connectivity index is 1.83. The van der Waals surface area contributed by atoms with E-state index in [1.54, 1.807) is 23.2 Å². The lowest BCUT2D eigenvalue weighted by molar-refractivity contribution is -0.119. The summed E-state index contributed by atoms with van der Waals surface area (Å²) >= 11 is 0. The predicted octanol–water partition coefficient (Wildman–Crippen LogP) is 4.06. The quantitative estimate of drug-likeness (QED) is 0.652. The van der Waals surface area contributed by atoms with Crippen LogP contribution in [0.15, 0.2) is 59.4 Å². The molecular weight excluding hydrogens is 374 g/mol. The largest absolute Gasteiger partial charge is 0.328 e. The normalized spacial score (nSPS) is 19.1. The van der Waals surface area contributed by atoms with Gasteiger partial charge in [0.2, 0.25) is 5.91 Å². The van der Waals surface area contributed by atoms with E-state index >= 15 is 0 Å². The lowest BCUT2D eigenvalue weighted by Crippen LogP contribution is -2.47. The second-order valence-corrected chi connectivity index (χ2v) is 8.83. The van der Waals surface area contributed by atoms with Crippen molar-refractivity contribution < 1.29 is 4.79 Å². The van der Waals surface area contributed by atoms with E-state index in [1.807, 2.05) is 47.4 Å². The van der Waals surface area contributed by atoms with E-state index in [-0.39, 0.29) is 11.6 Å². The Hall–Kier alpha value is -3.34. The molecule has 0 spiro atoms. The summed E-state index contributed by atoms with van der Waals surface area (Å²) in [6, 6.07) is 15.9. The van der Waals surface area contributed by atoms with Crippen molar-refractivity contribution in [2.75, 3.05) is 4.90 Å². The maximum atomic E-state index is 13.9. The summed E-state index contributed by atoms with van der Waals surface area (Å²) in [6.07, 6.45) is 2.15. The fraction of sp³-hybridized carbons (Fsp3) is 0.280. The zero-order valence-electron chi connectivity index (χ0n) is 17.9. The summed E-state index contributed by atoms with van der Waals surface area (Å²) in [6.45, 7) is 6.23. The average molecular weight is 399 g/mol. The molecule has 2 aromatic carbocycles. The van der Waals surface area contributed by atoms with Gasteiger partial charge in [-0.05, 0) is 31.9 Å². The number of anilines is 1. The number of rotatable bonds is 2. The summed E-state index contributed by atoms with van der Waals surface area (Å²) in [5, 5.41) is 0. The number of imidazole rings is 1. The van der Waals surface area contributed by atoms with E-state index in [4.69, 9.17) is 0 Å². The minimum atomic E-state index is -0.521. The third-order valence-electron chi connectivity index (χ3n) is 6.47. The fourth-order valence-electron chi connectivity index (χ4n) is 5.27. The molecule has 0 N–H and O–H groups in total. The number of amides is 1. The standard InChI is InChI=1S/C25H25N3O2/c1-15-14-25(2,3)28-21-17(15)12-9-13-18(21)19(23(28)29)22-20(16-10-7-6-8-11-16)26(4)24(30)27(22)5/h6-14,19H,1-5H3. The van der Waals surface area contributed by atoms with Crippen LogP contribution in [0.4, 0.5) is 5.69 Å². The van der Waals surface area contributed by atoms with E-state index < -0.39 is 11.5 Å². The molecule has 5 heteroatoms. The number of aromatic nitrogens is 2. The van der Waals surface area contributed by atoms with Crippen molar-refractivity contribution in [1.29, 1.82) is 0 Å². The van der Waals surface area contributed by atoms with Crippen LogP contribution in [-0.4, -0.2) is 20.6 Å². The maximum Gasteiger partial charge on any atom is 0.328 e. The van der Waals surface area contributed by atoms with Gasteiger partial charge in [-0.1, -0.05) is 54.6 Å². The van der Waals surface area contributed by atoms with Crippen LogP contribution >= 0.6 is 0 Å². The highest BCUT2D eigenvalue weighted by molar-refractivity contribution is 6.12. The first-order valence-electron chi connectivity index (χ1n) is 10.2. The Morgan fingerprint density at radius 3 is 2.30 bits per heavy atom. The number of carbonyl (C=O) groups is 1. The Kier molecular flexibility index (Phi) is 3.78. The number of nitrogens with zero attached hydrogens (tertiary/aromatic N) is 3. The van der Waals surface area contributed by atoms with Crippen molar-refractivity contribution in [2.45, 2.75) is 32.2 Å². The molecular formula is C25H25N3O2. The Morgan fingerprint density at radius 2 is 1.60 bits per heavy atom. The van der Waals surface area contributed by atoms with Crippen LogP contribution < -0.4 is 10.6 Å². The van der Waals surface area contributed by atoms with Crippen molar-refractivity contribution in [1.82, 2.24) is 9.13 Å². The van der Waals surface area contributed by atoms with Gasteiger partial charge < -0.3 is 4.90 Å². The van der Waals surface area contributed by atoms with E-state index in [0.29, 0.717) is 0 Å². The molecule has 1 aromatic heterocycles. The SMILES string of the molecule is CC1=CC(C)(C)N2C(=O)C(c3c(-c4ccccc4)n(C)c(=O)n3C)c3cccc1c32. The highest BCUT2D eigenvalue weighted by atomic mass is 16.2. The summed E-state index contributed by atoms with van der Waals surface area (Å²) in [5.41, 5.74) is 6.12. The van der Waals surface area contributed by atoms with Crippen LogP contribution in [0.2, 0.25) is 0 Å². The van der Waals surface area contributed by atoms with Crippen LogP contribution in [0, 0.1) is 0 Å². The second-order valence-electron chi connectivity index (χ2n) is 8.83. The van der Waals surface area contributed by atoms with Gasteiger partial charge in [0.25, 0.3) is 0 Å². The fourth-order valence-corrected chi connectivity index (χ4v) is 5.27. The van der Waals surface area contributed by atoms with Crippen LogP contribution in [0.25, 0.3) is 16.8 Å². The van der Waals surface area contributed by atoms with E-state index in [1.165, 1.54) is 5.57 Å². The van der Waals surface area contributed by atoms with E-state index in [9.17, 15) is 9.59 Å². The van der Waals surface area contributed by atoms with Crippen LogP contribution in [0.3, 0.4) is 0 Å². The van der Waals surface area contributed by atoms with Crippen molar-refractivity contribution in [3.05, 3.63) is 81.9 Å². The number of hydrogen-bond donors (Lipinski definition) is 0. The molecule has 0 saturated carbocycles. The van der Waals surface area contributed by atoms with Crippen molar-refractivity contribution in [3.63, 3.8) is 0 Å². The molecule has 0 fully saturated rings. The van der Waals surface area contributed by atoms with Gasteiger partial charge in [0.15, 0.2) is 0 Å². The molecule has 3 aromatic rings. The van der Waals surface area contributed by atoms with E-state index in [2.05, 4.69) is 32.9 Å². The lowest BCUT2D eigenvalue weighted by Gasteiger charge is -2.39. The zero-order valence-corrected chi connectivity index (χ0v) is 17.9. The van der Waals surface area contributed by atoms with Gasteiger partial charge in [-0.3, -0.25) is 13.9 Å². The van der Waals surface area contributed by atoms with Gasteiger partial charge in [0.1, 0.15) is 5.92 Å². The van der Waals surface area contributed by atoms with Crippen molar-refractivity contribution in [2.24, 2.45) is 14.1 Å². The first kappa shape index (κ1) is 18.7. The summed E-state index contributed by atoms with van der Waals surface area (Å²) in [4.78, 5) is 28.8. The molecule has 0 bridgehead atoms. The van der Waals surface area contributed by atoms with Crippen molar-refractivity contribution in [3.8, 4) is 11.3 Å². The first-order valence-corrected chi connectivity index (χ1v) is 10.2. The third kappa shape index (κ3) is 2.29. The minimum Gasteiger partial charge on any atom is -0.302 e. The number of benzene rings is 2. The summed E-state index contributed by atoms with van der Waals surface area (Å²) in [7, 11) is 3.54. The molecule has 2 aliphatic rings. The van der Waals surface area contributed by atoms with Gasteiger partial charge in [0.05, 0.1) is 22.6 Å². The van der Waals surface area contributed by atoms with Crippen LogP contribution in [0.5, 0.6) is 0 Å². The van der Waals surface area contributed by atoms with Gasteiger partial charge in [0, 0.05) is 25.2 Å². The average Bonchev–Trinajstić information content (AvgIpc) is 3.13. The molecule has 0 aliphatic carbocycles. The number of para-hydroxylation sites is 1. The Labute approximate surface area is 175 Å². The highest BCUT2D eigenvalue weighted by Gasteiger charge is 2.49. The van der Waals surface area contributed by atoms with Gasteiger partial charge in [-0.25, -0.2) is 4.79 Å². The number of allylic oxidation sites excluding steroid dienone is 1. The van der Waals surface area contributed by atoms with Crippen LogP contribution in [0.1, 0.15) is 43.5 Å². The summed E-state index contributed by atoms with van der Waals surface area (Å²) in [5.74, 6) is -0.503. The molecule has 30 heavy (non-hydrogen) atoms. The van der Waals surface area contributed by atoms with Crippen molar-refractivity contribution >= 4 is 17.2 Å². The topological polar surface area (TPSA) is 47.2 Å². The number of carbonyl (C=O) groups excluding carboxylic acids is 1. The smallest absolute Gasteiger partial charge is 0.302 e. The molecule has 0 radical (unpaired) electrons. The van der Waals surface area contributed by atoms with Gasteiger partial charge in [-0.2, -0.15) is 0 Å². The van der Waals surface area contributed by atoms with Gasteiger partial charge in [-0.15, -0.1) is 0 Å². The lowest BCUT2D eigenvalue weighted by atomic mass is 9.88. The molecule has 3 heterocycles. The molecule has 1 amide bonds. The Morgan fingerprint density at radius 1 is 0.900 bits per heavy atom. The van der Waals surface area contributed by atoms with Crippen LogP contribution in [-0.2, 0) is 18.9 Å². The molecule has 5 rings (SSSR count). The Bertz CT molecular complexity index is 1290. The predicted molar refractivity (Wildman–Crippen MR) is 120 cm³/mol. The molecule has 5 nitrogen and oxygen atoms in total. The molecule has 2 aliphatic heterocycles. The molecule has 152 valence electrons. The highest BCUT2D eigenvalue weighted by Crippen LogP contribution is 2.51. The van der Waals surface area contributed by atoms with Gasteiger partial charge >= 0.3 is 5.69 Å². The van der Waals surface area contributed by atoms with E-state index in [0.717, 1.165) is 33.8 Å². The minimum absolute atomic E-state index is 0.0181. The maximum absolute atomic E-state index is 13.9. The first-order chi connectivity index (χ1) is 14.2. The molecule has 0 saturated heterocycles. The third-order valence-corrected chi connectivity index (χ3v) is 6.47. The number of hydrogen-bond acceptors (Lipinski definition) is 2.